The van der Waals surface area contributed by atoms with Gasteiger partial charge in [0.2, 0.25) is 0 Å². The number of unbranched alkanes of at least 4 members (excludes halogenated alkanes) is 1. The van der Waals surface area contributed by atoms with Crippen LogP contribution in [0, 0.1) is 13.8 Å². The molecule has 1 aliphatic rings. The molecule has 10 nitrogen and oxygen atoms in total. The summed E-state index contributed by atoms with van der Waals surface area (Å²) in [5, 5.41) is 11.8. The largest absolute Gasteiger partial charge is 0.507 e. The average molecular weight is 683 g/mol. The Bertz CT molecular complexity index is 1900. The lowest BCUT2D eigenvalue weighted by molar-refractivity contribution is -0.132. The number of ether oxygens (including phenoxy) is 4. The van der Waals surface area contributed by atoms with Crippen LogP contribution in [0.3, 0.4) is 0 Å². The van der Waals surface area contributed by atoms with Gasteiger partial charge in [0, 0.05) is 5.56 Å². The first kappa shape index (κ1) is 34.9. The summed E-state index contributed by atoms with van der Waals surface area (Å²) in [5.41, 5.74) is 3.09. The van der Waals surface area contributed by atoms with Gasteiger partial charge in [0.1, 0.15) is 29.6 Å². The van der Waals surface area contributed by atoms with Crippen LogP contribution in [0.5, 0.6) is 17.2 Å². The molecule has 0 spiro atoms. The highest BCUT2D eigenvalue weighted by atomic mass is 32.1. The van der Waals surface area contributed by atoms with E-state index >= 15 is 0 Å². The topological polar surface area (TPSA) is 124 Å². The van der Waals surface area contributed by atoms with E-state index in [0.717, 1.165) is 35.3 Å². The lowest BCUT2D eigenvalue weighted by atomic mass is 9.95. The minimum absolute atomic E-state index is 0.00177. The molecule has 4 aromatic rings. The van der Waals surface area contributed by atoms with Crippen LogP contribution in [0.15, 0.2) is 85.0 Å². The number of aliphatic hydroxyl groups excluding tert-OH is 1. The van der Waals surface area contributed by atoms with E-state index in [1.807, 2.05) is 31.2 Å². The maximum Gasteiger partial charge on any atom is 0.350 e. The first-order chi connectivity index (χ1) is 23.7. The molecule has 1 amide bonds. The van der Waals surface area contributed by atoms with Crippen LogP contribution in [0.25, 0.3) is 5.76 Å². The minimum Gasteiger partial charge on any atom is -0.507 e. The molecule has 1 atom stereocenters. The second kappa shape index (κ2) is 15.7. The molecule has 0 radical (unpaired) electrons. The van der Waals surface area contributed by atoms with Gasteiger partial charge in [-0.3, -0.25) is 14.5 Å². The molecular weight excluding hydrogens is 644 g/mol. The Morgan fingerprint density at radius 3 is 2.49 bits per heavy atom. The summed E-state index contributed by atoms with van der Waals surface area (Å²) in [6.45, 7) is 10.1. The number of aromatic nitrogens is 1. The predicted octanol–water partition coefficient (Wildman–Crippen LogP) is 7.50. The molecule has 1 aromatic heterocycles. The van der Waals surface area contributed by atoms with Gasteiger partial charge in [-0.2, -0.15) is 0 Å². The van der Waals surface area contributed by atoms with Crippen molar-refractivity contribution in [1.29, 1.82) is 0 Å². The summed E-state index contributed by atoms with van der Waals surface area (Å²) < 4.78 is 22.7. The Labute approximate surface area is 289 Å². The monoisotopic (exact) mass is 682 g/mol. The summed E-state index contributed by atoms with van der Waals surface area (Å²) in [4.78, 5) is 46.2. The fourth-order valence-corrected chi connectivity index (χ4v) is 6.31. The van der Waals surface area contributed by atoms with Crippen LogP contribution in [0.1, 0.15) is 63.4 Å². The lowest BCUT2D eigenvalue weighted by Gasteiger charge is -2.24. The zero-order chi connectivity index (χ0) is 35.1. The number of hydrogen-bond donors (Lipinski definition) is 1. The number of amides is 1. The van der Waals surface area contributed by atoms with E-state index in [2.05, 4.69) is 18.5 Å². The molecule has 0 saturated carbocycles. The molecule has 3 aromatic carbocycles. The number of benzene rings is 3. The van der Waals surface area contributed by atoms with Crippen LogP contribution < -0.4 is 19.1 Å². The molecule has 1 saturated heterocycles. The normalized spacial score (nSPS) is 15.3. The van der Waals surface area contributed by atoms with Gasteiger partial charge in [0.15, 0.2) is 16.6 Å². The van der Waals surface area contributed by atoms with Crippen molar-refractivity contribution in [2.45, 2.75) is 46.3 Å². The van der Waals surface area contributed by atoms with E-state index in [-0.39, 0.29) is 27.9 Å². The molecule has 1 aliphatic heterocycles. The zero-order valence-electron chi connectivity index (χ0n) is 27.9. The lowest BCUT2D eigenvalue weighted by Crippen LogP contribution is -2.29. The third kappa shape index (κ3) is 7.52. The van der Waals surface area contributed by atoms with Gasteiger partial charge in [-0.25, -0.2) is 9.78 Å². The summed E-state index contributed by atoms with van der Waals surface area (Å²) in [5.74, 6) is -1.38. The zero-order valence-corrected chi connectivity index (χ0v) is 28.7. The summed E-state index contributed by atoms with van der Waals surface area (Å²) in [7, 11) is 1.50. The number of ketones is 1. The summed E-state index contributed by atoms with van der Waals surface area (Å²) in [6, 6.07) is 18.5. The van der Waals surface area contributed by atoms with Gasteiger partial charge >= 0.3 is 11.9 Å². The van der Waals surface area contributed by atoms with Crippen molar-refractivity contribution < 1.29 is 38.4 Å². The van der Waals surface area contributed by atoms with Crippen molar-refractivity contribution in [3.05, 3.63) is 118 Å². The molecule has 5 rings (SSSR count). The summed E-state index contributed by atoms with van der Waals surface area (Å²) in [6.07, 6.45) is 3.24. The van der Waals surface area contributed by atoms with Crippen molar-refractivity contribution in [3.8, 4) is 17.2 Å². The van der Waals surface area contributed by atoms with Crippen LogP contribution in [-0.4, -0.2) is 48.1 Å². The molecular formula is C38H38N2O8S. The molecule has 0 aliphatic carbocycles. The molecule has 11 heteroatoms. The number of rotatable bonds is 14. The number of aryl methyl sites for hydroxylation is 2. The second-order valence-electron chi connectivity index (χ2n) is 11.3. The maximum atomic E-state index is 13.8. The Kier molecular flexibility index (Phi) is 11.1. The number of aliphatic hydroxyl groups is 1. The van der Waals surface area contributed by atoms with E-state index in [1.54, 1.807) is 49.4 Å². The quantitative estimate of drug-likeness (QED) is 0.0360. The molecule has 254 valence electrons. The van der Waals surface area contributed by atoms with Gasteiger partial charge in [0.25, 0.3) is 5.78 Å². The Morgan fingerprint density at radius 1 is 1.04 bits per heavy atom. The van der Waals surface area contributed by atoms with Crippen LogP contribution >= 0.6 is 11.3 Å². The van der Waals surface area contributed by atoms with Gasteiger partial charge < -0.3 is 24.1 Å². The van der Waals surface area contributed by atoms with Crippen molar-refractivity contribution in [1.82, 2.24) is 4.98 Å². The number of esters is 1. The van der Waals surface area contributed by atoms with E-state index < -0.39 is 23.7 Å². The molecule has 1 N–H and O–H groups in total. The number of carbonyl (C=O) groups is 3. The molecule has 1 unspecified atom stereocenters. The van der Waals surface area contributed by atoms with Crippen molar-refractivity contribution in [2.75, 3.05) is 25.2 Å². The van der Waals surface area contributed by atoms with Crippen molar-refractivity contribution in [2.24, 2.45) is 0 Å². The Balaban J connectivity index is 1.56. The average Bonchev–Trinajstić information content (AvgIpc) is 3.62. The molecule has 2 heterocycles. The van der Waals surface area contributed by atoms with E-state index in [9.17, 15) is 19.5 Å². The highest BCUT2D eigenvalue weighted by molar-refractivity contribution is 7.17. The number of methoxy groups -OCH3 is 1. The van der Waals surface area contributed by atoms with Gasteiger partial charge in [-0.05, 0) is 73.4 Å². The molecule has 49 heavy (non-hydrogen) atoms. The number of thiazole rings is 1. The third-order valence-corrected chi connectivity index (χ3v) is 9.13. The van der Waals surface area contributed by atoms with Crippen LogP contribution in [0.4, 0.5) is 5.13 Å². The first-order valence-electron chi connectivity index (χ1n) is 15.8. The van der Waals surface area contributed by atoms with Gasteiger partial charge in [0.05, 0.1) is 31.0 Å². The second-order valence-corrected chi connectivity index (χ2v) is 12.3. The number of carbonyl (C=O) groups excluding carboxylic acids is 3. The van der Waals surface area contributed by atoms with E-state index in [1.165, 1.54) is 18.1 Å². The smallest absolute Gasteiger partial charge is 0.350 e. The fraction of sp³-hybridized carbons (Fsp3) is 0.263. The van der Waals surface area contributed by atoms with Crippen molar-refractivity contribution >= 4 is 39.9 Å². The Hall–Kier alpha value is -5.42. The van der Waals surface area contributed by atoms with E-state index in [0.29, 0.717) is 47.3 Å². The van der Waals surface area contributed by atoms with Gasteiger partial charge in [-0.1, -0.05) is 67.7 Å². The number of Topliss-reactive ketones (excluding diaryl/α,β-unsaturated/α-hetero) is 1. The van der Waals surface area contributed by atoms with Crippen molar-refractivity contribution in [3.63, 3.8) is 0 Å². The number of nitrogens with zero attached hydrogens (tertiary/aromatic N) is 2. The fourth-order valence-electron chi connectivity index (χ4n) is 5.32. The Morgan fingerprint density at radius 2 is 1.80 bits per heavy atom. The third-order valence-electron chi connectivity index (χ3n) is 8.00. The predicted molar refractivity (Wildman–Crippen MR) is 187 cm³/mol. The SMILES string of the molecule is C=CCOC(=O)c1sc(N2C(=O)C(=O)C(=C(O)c3ccc(OCc4ccccc4C)cc3)C2c2ccc(OCCCC)c(OC)c2)nc1C. The van der Waals surface area contributed by atoms with Crippen LogP contribution in [-0.2, 0) is 20.9 Å². The minimum atomic E-state index is -1.11. The highest BCUT2D eigenvalue weighted by Crippen LogP contribution is 2.45. The van der Waals surface area contributed by atoms with Gasteiger partial charge in [-0.15, -0.1) is 0 Å². The van der Waals surface area contributed by atoms with Crippen LogP contribution in [0.2, 0.25) is 0 Å². The molecule has 0 bridgehead atoms. The molecule has 1 fully saturated rings. The number of hydrogen-bond acceptors (Lipinski definition) is 10. The highest BCUT2D eigenvalue weighted by Gasteiger charge is 2.48. The standard InChI is InChI=1S/C38H38N2O8S/c1-6-8-20-46-29-18-15-26(21-30(29)45-5)32-31(33(41)25-13-16-28(17-14-25)48-22-27-12-10-9-11-23(27)3)34(42)36(43)40(32)38-39-24(4)35(49-38)37(44)47-19-7-2/h7,9-18,21,32,41H,2,6,8,19-20,22H2,1,3-5H3. The maximum absolute atomic E-state index is 13.8. The number of anilines is 1. The van der Waals surface area contributed by atoms with E-state index in [4.69, 9.17) is 18.9 Å². The summed E-state index contributed by atoms with van der Waals surface area (Å²) >= 11 is 0.919. The first-order valence-corrected chi connectivity index (χ1v) is 16.6.